The highest BCUT2D eigenvalue weighted by molar-refractivity contribution is 7.26. The van der Waals surface area contributed by atoms with Gasteiger partial charge < -0.3 is 9.80 Å². The molecule has 10 aromatic rings. The van der Waals surface area contributed by atoms with Crippen molar-refractivity contribution in [2.45, 2.75) is 0 Å². The van der Waals surface area contributed by atoms with Gasteiger partial charge in [-0.15, -0.1) is 22.7 Å². The van der Waals surface area contributed by atoms with E-state index in [1.165, 1.54) is 57.2 Å². The van der Waals surface area contributed by atoms with E-state index in [-0.39, 0.29) is 0 Å². The molecule has 0 aliphatic heterocycles. The molecule has 0 aliphatic carbocycles. The Labute approximate surface area is 310 Å². The van der Waals surface area contributed by atoms with Gasteiger partial charge in [0.25, 0.3) is 0 Å². The van der Waals surface area contributed by atoms with Crippen LogP contribution in [0.1, 0.15) is 0 Å². The monoisotopic (exact) mass is 700 g/mol. The van der Waals surface area contributed by atoms with E-state index in [1.807, 2.05) is 22.7 Å². The van der Waals surface area contributed by atoms with Crippen molar-refractivity contribution in [3.63, 3.8) is 0 Å². The lowest BCUT2D eigenvalue weighted by Crippen LogP contribution is -2.10. The van der Waals surface area contributed by atoms with Gasteiger partial charge in [-0.3, -0.25) is 0 Å². The summed E-state index contributed by atoms with van der Waals surface area (Å²) in [5.41, 5.74) is 9.28. The van der Waals surface area contributed by atoms with Gasteiger partial charge in [-0.05, 0) is 96.1 Å². The van der Waals surface area contributed by atoms with Crippen LogP contribution in [-0.4, -0.2) is 0 Å². The quantitative estimate of drug-likeness (QED) is 0.163. The fraction of sp³-hybridized carbons (Fsp3) is 0. The number of thiophene rings is 2. The highest BCUT2D eigenvalue weighted by Gasteiger charge is 2.20. The molecule has 2 aromatic heterocycles. The molecular weight excluding hydrogens is 669 g/mol. The zero-order chi connectivity index (χ0) is 34.4. The highest BCUT2D eigenvalue weighted by Crippen LogP contribution is 2.47. The van der Waals surface area contributed by atoms with Crippen LogP contribution in [-0.2, 0) is 0 Å². The second-order valence-corrected chi connectivity index (χ2v) is 15.1. The molecule has 10 rings (SSSR count). The fourth-order valence-corrected chi connectivity index (χ4v) is 9.68. The summed E-state index contributed by atoms with van der Waals surface area (Å²) in [6.45, 7) is 0. The largest absolute Gasteiger partial charge is 0.310 e. The molecule has 8 aromatic carbocycles. The first-order chi connectivity index (χ1) is 25.8. The molecule has 0 saturated carbocycles. The number of nitrogens with zero attached hydrogens (tertiary/aromatic N) is 2. The first kappa shape index (κ1) is 30.6. The third-order valence-corrected chi connectivity index (χ3v) is 12.1. The minimum Gasteiger partial charge on any atom is -0.310 e. The van der Waals surface area contributed by atoms with Crippen molar-refractivity contribution < 1.29 is 0 Å². The third-order valence-electron chi connectivity index (χ3n) is 9.84. The Bertz CT molecular complexity index is 2800. The molecule has 0 atom stereocenters. The molecule has 52 heavy (non-hydrogen) atoms. The molecule has 2 heterocycles. The zero-order valence-electron chi connectivity index (χ0n) is 28.2. The van der Waals surface area contributed by atoms with E-state index in [0.29, 0.717) is 0 Å². The summed E-state index contributed by atoms with van der Waals surface area (Å²) < 4.78 is 5.15. The van der Waals surface area contributed by atoms with Crippen molar-refractivity contribution in [3.05, 3.63) is 194 Å². The molecule has 0 aliphatic rings. The number of para-hydroxylation sites is 2. The van der Waals surface area contributed by atoms with Gasteiger partial charge in [0.05, 0.1) is 5.69 Å². The molecule has 0 radical (unpaired) electrons. The van der Waals surface area contributed by atoms with Crippen LogP contribution in [0.15, 0.2) is 194 Å². The minimum absolute atomic E-state index is 1.12. The molecule has 4 heteroatoms. The average Bonchev–Trinajstić information content (AvgIpc) is 3.78. The second kappa shape index (κ2) is 12.8. The summed E-state index contributed by atoms with van der Waals surface area (Å²) >= 11 is 3.72. The molecule has 246 valence electrons. The van der Waals surface area contributed by atoms with Crippen LogP contribution in [0.3, 0.4) is 0 Å². The molecule has 0 unspecified atom stereocenters. The number of benzene rings is 8. The SMILES string of the molecule is c1ccc(-c2ccc(N(c3ccc4c(c3)sc3cccc(N(c5ccccc5)c5ccccc5)c34)c3ccc4sc5ccccc5c4c3)cc2)cc1. The Hall–Kier alpha value is -6.20. The van der Waals surface area contributed by atoms with E-state index in [1.54, 1.807) is 0 Å². The van der Waals surface area contributed by atoms with E-state index in [2.05, 4.69) is 204 Å². The van der Waals surface area contributed by atoms with Crippen molar-refractivity contribution >= 4 is 97.1 Å². The normalized spacial score (nSPS) is 11.5. The maximum absolute atomic E-state index is 2.41. The van der Waals surface area contributed by atoms with E-state index in [0.717, 1.165) is 28.4 Å². The van der Waals surface area contributed by atoms with E-state index < -0.39 is 0 Å². The number of fused-ring (bicyclic) bond motifs is 6. The van der Waals surface area contributed by atoms with Gasteiger partial charge in [0.1, 0.15) is 0 Å². The van der Waals surface area contributed by atoms with Crippen LogP contribution < -0.4 is 9.80 Å². The van der Waals surface area contributed by atoms with Gasteiger partial charge in [-0.2, -0.15) is 0 Å². The Balaban J connectivity index is 1.15. The van der Waals surface area contributed by atoms with Crippen molar-refractivity contribution in [1.29, 1.82) is 0 Å². The van der Waals surface area contributed by atoms with Gasteiger partial charge in [0.2, 0.25) is 0 Å². The molecule has 0 saturated heterocycles. The molecule has 0 N–H and O–H groups in total. The van der Waals surface area contributed by atoms with Crippen molar-refractivity contribution in [3.8, 4) is 11.1 Å². The number of rotatable bonds is 7. The predicted octanol–water partition coefficient (Wildman–Crippen LogP) is 15.0. The van der Waals surface area contributed by atoms with Crippen LogP contribution in [0.2, 0.25) is 0 Å². The zero-order valence-corrected chi connectivity index (χ0v) is 29.8. The Morgan fingerprint density at radius 2 is 0.827 bits per heavy atom. The van der Waals surface area contributed by atoms with Crippen LogP contribution in [0, 0.1) is 0 Å². The van der Waals surface area contributed by atoms with Gasteiger partial charge >= 0.3 is 0 Å². The van der Waals surface area contributed by atoms with Gasteiger partial charge in [0.15, 0.2) is 0 Å². The summed E-state index contributed by atoms with van der Waals surface area (Å²) in [7, 11) is 0. The minimum atomic E-state index is 1.12. The summed E-state index contributed by atoms with van der Waals surface area (Å²) in [6.07, 6.45) is 0. The number of hydrogen-bond acceptors (Lipinski definition) is 4. The first-order valence-electron chi connectivity index (χ1n) is 17.5. The number of hydrogen-bond donors (Lipinski definition) is 0. The fourth-order valence-electron chi connectivity index (χ4n) is 7.44. The summed E-state index contributed by atoms with van der Waals surface area (Å²) in [5.74, 6) is 0. The maximum atomic E-state index is 2.41. The lowest BCUT2D eigenvalue weighted by atomic mass is 10.0. The molecule has 2 nitrogen and oxygen atoms in total. The second-order valence-electron chi connectivity index (χ2n) is 13.0. The molecular formula is C48H32N2S2. The van der Waals surface area contributed by atoms with Crippen LogP contribution in [0.25, 0.3) is 51.5 Å². The average molecular weight is 701 g/mol. The van der Waals surface area contributed by atoms with Crippen LogP contribution in [0.4, 0.5) is 34.1 Å². The summed E-state index contributed by atoms with van der Waals surface area (Å²) in [4.78, 5) is 4.79. The summed E-state index contributed by atoms with van der Waals surface area (Å²) in [5, 5.41) is 5.12. The van der Waals surface area contributed by atoms with Gasteiger partial charge in [-0.1, -0.05) is 109 Å². The number of anilines is 6. The van der Waals surface area contributed by atoms with Crippen LogP contribution >= 0.6 is 22.7 Å². The van der Waals surface area contributed by atoms with Crippen molar-refractivity contribution in [1.82, 2.24) is 0 Å². The third kappa shape index (κ3) is 5.32. The van der Waals surface area contributed by atoms with Gasteiger partial charge in [-0.25, -0.2) is 0 Å². The smallest absolute Gasteiger partial charge is 0.0554 e. The molecule has 0 bridgehead atoms. The Morgan fingerprint density at radius 3 is 1.58 bits per heavy atom. The topological polar surface area (TPSA) is 6.48 Å². The van der Waals surface area contributed by atoms with E-state index >= 15 is 0 Å². The maximum Gasteiger partial charge on any atom is 0.0554 e. The molecule has 0 spiro atoms. The van der Waals surface area contributed by atoms with E-state index in [9.17, 15) is 0 Å². The van der Waals surface area contributed by atoms with Crippen molar-refractivity contribution in [2.24, 2.45) is 0 Å². The van der Waals surface area contributed by atoms with Crippen LogP contribution in [0.5, 0.6) is 0 Å². The van der Waals surface area contributed by atoms with E-state index in [4.69, 9.17) is 0 Å². The first-order valence-corrected chi connectivity index (χ1v) is 19.1. The van der Waals surface area contributed by atoms with Crippen molar-refractivity contribution in [2.75, 3.05) is 9.80 Å². The molecule has 0 amide bonds. The van der Waals surface area contributed by atoms with Gasteiger partial charge in [0, 0.05) is 68.8 Å². The Kier molecular flexibility index (Phi) is 7.56. The molecule has 0 fully saturated rings. The Morgan fingerprint density at radius 1 is 0.288 bits per heavy atom. The highest BCUT2D eigenvalue weighted by atomic mass is 32.1. The lowest BCUT2D eigenvalue weighted by molar-refractivity contribution is 1.30. The summed E-state index contributed by atoms with van der Waals surface area (Å²) in [6, 6.07) is 70.3. The predicted molar refractivity (Wildman–Crippen MR) is 227 cm³/mol. The lowest BCUT2D eigenvalue weighted by Gasteiger charge is -2.27. The standard InChI is InChI=1S/C48H32N2S2/c1-4-13-33(14-5-1)34-23-25-37(26-24-34)49(38-28-30-45-42(31-38)40-19-10-11-21-44(40)51-45)39-27-29-41-47(32-39)52-46-22-12-20-43(48(41)46)50(35-15-6-2-7-16-35)36-17-8-3-9-18-36/h1-32H.